The Bertz CT molecular complexity index is 347. The van der Waals surface area contributed by atoms with Gasteiger partial charge in [0.15, 0.2) is 0 Å². The van der Waals surface area contributed by atoms with Gasteiger partial charge in [-0.1, -0.05) is 35.4 Å². The molecule has 0 aliphatic heterocycles. The summed E-state index contributed by atoms with van der Waals surface area (Å²) in [5.41, 5.74) is 1.98. The highest BCUT2D eigenvalue weighted by Gasteiger charge is 2.13. The van der Waals surface area contributed by atoms with Gasteiger partial charge in [-0.15, -0.1) is 0 Å². The van der Waals surface area contributed by atoms with Gasteiger partial charge in [0.05, 0.1) is 6.04 Å². The van der Waals surface area contributed by atoms with Gasteiger partial charge < -0.3 is 5.32 Å². The van der Waals surface area contributed by atoms with Gasteiger partial charge in [-0.25, -0.2) is 0 Å². The third-order valence-corrected chi connectivity index (χ3v) is 2.63. The van der Waals surface area contributed by atoms with Gasteiger partial charge in [-0.3, -0.25) is 0 Å². The topological polar surface area (TPSA) is 12.0 Å². The van der Waals surface area contributed by atoms with Crippen LogP contribution in [0.1, 0.15) is 18.5 Å². The van der Waals surface area contributed by atoms with Gasteiger partial charge in [0.25, 0.3) is 0 Å². The van der Waals surface area contributed by atoms with E-state index in [0.29, 0.717) is 10.0 Å². The lowest BCUT2D eigenvalue weighted by molar-refractivity contribution is 0.680. The van der Waals surface area contributed by atoms with E-state index in [9.17, 15) is 0 Å². The first-order valence-electron chi connectivity index (χ1n) is 4.34. The molecule has 1 aromatic rings. The van der Waals surface area contributed by atoms with Crippen molar-refractivity contribution >= 4 is 23.2 Å². The Morgan fingerprint density at radius 1 is 1.43 bits per heavy atom. The highest BCUT2D eigenvalue weighted by molar-refractivity contribution is 6.33. The predicted molar refractivity (Wildman–Crippen MR) is 63.1 cm³/mol. The van der Waals surface area contributed by atoms with Crippen LogP contribution in [-0.4, -0.2) is 7.05 Å². The number of rotatable bonds is 3. The smallest absolute Gasteiger partial charge is 0.0543 e. The van der Waals surface area contributed by atoms with Crippen molar-refractivity contribution in [3.8, 4) is 0 Å². The molecule has 0 aromatic heterocycles. The lowest BCUT2D eigenvalue weighted by Crippen LogP contribution is -2.17. The number of benzene rings is 1. The molecule has 0 aliphatic carbocycles. The highest BCUT2D eigenvalue weighted by atomic mass is 35.5. The fourth-order valence-electron chi connectivity index (χ4n) is 1.40. The molecule has 0 radical (unpaired) electrons. The zero-order valence-corrected chi connectivity index (χ0v) is 9.78. The Kier molecular flexibility index (Phi) is 3.99. The maximum absolute atomic E-state index is 6.07. The molecule has 0 saturated heterocycles. The van der Waals surface area contributed by atoms with Gasteiger partial charge >= 0.3 is 0 Å². The molecule has 0 spiro atoms. The van der Waals surface area contributed by atoms with Crippen LogP contribution < -0.4 is 5.32 Å². The van der Waals surface area contributed by atoms with Crippen LogP contribution in [0.3, 0.4) is 0 Å². The van der Waals surface area contributed by atoms with Crippen LogP contribution >= 0.6 is 23.2 Å². The van der Waals surface area contributed by atoms with Crippen molar-refractivity contribution < 1.29 is 0 Å². The van der Waals surface area contributed by atoms with E-state index in [4.69, 9.17) is 23.2 Å². The Balaban J connectivity index is 3.15. The predicted octanol–water partition coefficient (Wildman–Crippen LogP) is 3.83. The number of hydrogen-bond donors (Lipinski definition) is 1. The number of nitrogens with one attached hydrogen (secondary N) is 1. The van der Waals surface area contributed by atoms with E-state index < -0.39 is 0 Å². The molecule has 1 N–H and O–H groups in total. The number of likely N-dealkylation sites (N-methyl/N-ethyl adjacent to an activating group) is 1. The van der Waals surface area contributed by atoms with Crippen LogP contribution in [0.2, 0.25) is 10.0 Å². The second kappa shape index (κ2) is 4.83. The molecule has 0 saturated carbocycles. The molecule has 1 nitrogen and oxygen atoms in total. The van der Waals surface area contributed by atoms with Crippen molar-refractivity contribution in [1.29, 1.82) is 0 Å². The first kappa shape index (κ1) is 11.6. The molecule has 14 heavy (non-hydrogen) atoms. The van der Waals surface area contributed by atoms with Gasteiger partial charge in [-0.05, 0) is 37.7 Å². The van der Waals surface area contributed by atoms with E-state index in [-0.39, 0.29) is 6.04 Å². The molecule has 3 heteroatoms. The Hall–Kier alpha value is -0.500. The van der Waals surface area contributed by atoms with E-state index in [2.05, 4.69) is 11.9 Å². The second-order valence-corrected chi connectivity index (χ2v) is 4.08. The average molecular weight is 230 g/mol. The maximum atomic E-state index is 6.07. The Morgan fingerprint density at radius 2 is 2.07 bits per heavy atom. The van der Waals surface area contributed by atoms with E-state index in [0.717, 1.165) is 11.1 Å². The zero-order chi connectivity index (χ0) is 10.7. The molecule has 1 aromatic carbocycles. The summed E-state index contributed by atoms with van der Waals surface area (Å²) >= 11 is 12.0. The first-order chi connectivity index (χ1) is 6.56. The minimum atomic E-state index is 0.0567. The lowest BCUT2D eigenvalue weighted by atomic mass is 10.0. The van der Waals surface area contributed by atoms with Crippen molar-refractivity contribution in [2.45, 2.75) is 13.0 Å². The molecule has 0 heterocycles. The van der Waals surface area contributed by atoms with E-state index >= 15 is 0 Å². The minimum absolute atomic E-state index is 0.0567. The lowest BCUT2D eigenvalue weighted by Gasteiger charge is -2.18. The van der Waals surface area contributed by atoms with Crippen molar-refractivity contribution in [3.63, 3.8) is 0 Å². The molecule has 1 atom stereocenters. The van der Waals surface area contributed by atoms with Crippen LogP contribution in [0.4, 0.5) is 0 Å². The van der Waals surface area contributed by atoms with Crippen LogP contribution in [0.5, 0.6) is 0 Å². The molecular weight excluding hydrogens is 217 g/mol. The van der Waals surface area contributed by atoms with Gasteiger partial charge in [0.1, 0.15) is 0 Å². The summed E-state index contributed by atoms with van der Waals surface area (Å²) in [5.74, 6) is 0. The van der Waals surface area contributed by atoms with Crippen LogP contribution in [0.15, 0.2) is 30.4 Å². The normalized spacial score (nSPS) is 12.6. The summed E-state index contributed by atoms with van der Waals surface area (Å²) in [6.07, 6.45) is 0. The van der Waals surface area contributed by atoms with Gasteiger partial charge in [0, 0.05) is 10.0 Å². The number of hydrogen-bond acceptors (Lipinski definition) is 1. The molecule has 0 aliphatic rings. The van der Waals surface area contributed by atoms with Crippen molar-refractivity contribution in [3.05, 3.63) is 46.0 Å². The summed E-state index contributed by atoms with van der Waals surface area (Å²) in [6.45, 7) is 5.87. The fourth-order valence-corrected chi connectivity index (χ4v) is 1.81. The summed E-state index contributed by atoms with van der Waals surface area (Å²) in [7, 11) is 1.87. The molecule has 0 fully saturated rings. The van der Waals surface area contributed by atoms with Crippen molar-refractivity contribution in [2.24, 2.45) is 0 Å². The summed E-state index contributed by atoms with van der Waals surface area (Å²) in [5, 5.41) is 4.53. The standard InChI is InChI=1S/C11H13Cl2N/c1-7(2)11(14-3)9-6-8(12)4-5-10(9)13/h4-6,11,14H,1H2,2-3H3. The summed E-state index contributed by atoms with van der Waals surface area (Å²) in [4.78, 5) is 0. The molecule has 0 bridgehead atoms. The Labute approximate surface area is 94.7 Å². The Morgan fingerprint density at radius 3 is 2.57 bits per heavy atom. The third-order valence-electron chi connectivity index (χ3n) is 2.05. The third kappa shape index (κ3) is 2.50. The minimum Gasteiger partial charge on any atom is -0.310 e. The number of halogens is 2. The summed E-state index contributed by atoms with van der Waals surface area (Å²) in [6, 6.07) is 5.49. The molecule has 1 unspecified atom stereocenters. The molecule has 0 amide bonds. The van der Waals surface area contributed by atoms with Crippen molar-refractivity contribution in [2.75, 3.05) is 7.05 Å². The van der Waals surface area contributed by atoms with E-state index in [1.54, 1.807) is 12.1 Å². The molecule has 76 valence electrons. The first-order valence-corrected chi connectivity index (χ1v) is 5.09. The van der Waals surface area contributed by atoms with Crippen LogP contribution in [-0.2, 0) is 0 Å². The largest absolute Gasteiger partial charge is 0.310 e. The van der Waals surface area contributed by atoms with Crippen LogP contribution in [0, 0.1) is 0 Å². The second-order valence-electron chi connectivity index (χ2n) is 3.23. The average Bonchev–Trinajstić information content (AvgIpc) is 2.11. The highest BCUT2D eigenvalue weighted by Crippen LogP contribution is 2.29. The SMILES string of the molecule is C=C(C)C(NC)c1cc(Cl)ccc1Cl. The summed E-state index contributed by atoms with van der Waals surface area (Å²) < 4.78 is 0. The van der Waals surface area contributed by atoms with Gasteiger partial charge in [-0.2, -0.15) is 0 Å². The fraction of sp³-hybridized carbons (Fsp3) is 0.273. The molecule has 1 rings (SSSR count). The quantitative estimate of drug-likeness (QED) is 0.778. The van der Waals surface area contributed by atoms with E-state index in [1.807, 2.05) is 20.0 Å². The van der Waals surface area contributed by atoms with Crippen molar-refractivity contribution in [1.82, 2.24) is 5.32 Å². The van der Waals surface area contributed by atoms with Crippen LogP contribution in [0.25, 0.3) is 0 Å². The zero-order valence-electron chi connectivity index (χ0n) is 8.27. The molecular formula is C11H13Cl2N. The maximum Gasteiger partial charge on any atom is 0.0543 e. The monoisotopic (exact) mass is 229 g/mol. The van der Waals surface area contributed by atoms with Gasteiger partial charge in [0.2, 0.25) is 0 Å². The van der Waals surface area contributed by atoms with E-state index in [1.165, 1.54) is 0 Å².